The van der Waals surface area contributed by atoms with Crippen LogP contribution >= 0.6 is 0 Å². The van der Waals surface area contributed by atoms with Crippen LogP contribution in [-0.2, 0) is 0 Å². The van der Waals surface area contributed by atoms with Crippen LogP contribution in [0.2, 0.25) is 0 Å². The highest BCUT2D eigenvalue weighted by Gasteiger charge is 2.43. The molecule has 0 saturated heterocycles. The van der Waals surface area contributed by atoms with Crippen LogP contribution in [0.4, 0.5) is 0 Å². The van der Waals surface area contributed by atoms with Crippen molar-refractivity contribution in [3.63, 3.8) is 0 Å². The zero-order valence-corrected chi connectivity index (χ0v) is 8.41. The van der Waals surface area contributed by atoms with Gasteiger partial charge in [0.05, 0.1) is 6.10 Å². The molecule has 70 valence electrons. The fourth-order valence-electron chi connectivity index (χ4n) is 2.19. The largest absolute Gasteiger partial charge is 0.388 e. The van der Waals surface area contributed by atoms with E-state index in [1.165, 1.54) is 5.56 Å². The van der Waals surface area contributed by atoms with Gasteiger partial charge >= 0.3 is 0 Å². The predicted octanol–water partition coefficient (Wildman–Crippen LogP) is 2.86. The first-order chi connectivity index (χ1) is 6.05. The molecule has 13 heavy (non-hydrogen) atoms. The molecule has 2 atom stereocenters. The second kappa shape index (κ2) is 2.58. The summed E-state index contributed by atoms with van der Waals surface area (Å²) < 4.78 is 0. The van der Waals surface area contributed by atoms with E-state index >= 15 is 0 Å². The molecule has 0 heterocycles. The van der Waals surface area contributed by atoms with E-state index in [4.69, 9.17) is 0 Å². The maximum atomic E-state index is 10.1. The number of hydrogen-bond acceptors (Lipinski definition) is 1. The molecule has 1 aromatic rings. The van der Waals surface area contributed by atoms with Gasteiger partial charge in [-0.1, -0.05) is 45.0 Å². The Morgan fingerprint density at radius 1 is 1.15 bits per heavy atom. The fraction of sp³-hybridized carbons (Fsp3) is 0.500. The van der Waals surface area contributed by atoms with Crippen molar-refractivity contribution < 1.29 is 5.11 Å². The summed E-state index contributed by atoms with van der Waals surface area (Å²) in [5, 5.41) is 10.1. The Morgan fingerprint density at radius 3 is 2.23 bits per heavy atom. The van der Waals surface area contributed by atoms with E-state index in [2.05, 4.69) is 26.8 Å². The van der Waals surface area contributed by atoms with Crippen LogP contribution < -0.4 is 0 Å². The van der Waals surface area contributed by atoms with E-state index < -0.39 is 0 Å². The second-order valence-corrected chi connectivity index (χ2v) is 4.57. The van der Waals surface area contributed by atoms with E-state index in [0.717, 1.165) is 5.56 Å². The van der Waals surface area contributed by atoms with Crippen LogP contribution in [-0.4, -0.2) is 5.11 Å². The molecule has 0 amide bonds. The highest BCUT2D eigenvalue weighted by atomic mass is 16.3. The number of benzene rings is 1. The lowest BCUT2D eigenvalue weighted by Gasteiger charge is -2.27. The van der Waals surface area contributed by atoms with Crippen molar-refractivity contribution in [2.75, 3.05) is 0 Å². The van der Waals surface area contributed by atoms with Crippen LogP contribution in [0, 0.1) is 5.41 Å². The molecule has 0 aromatic heterocycles. The van der Waals surface area contributed by atoms with Crippen molar-refractivity contribution in [1.29, 1.82) is 0 Å². The minimum atomic E-state index is -0.307. The third-order valence-corrected chi connectivity index (χ3v) is 3.58. The molecule has 1 heteroatoms. The maximum Gasteiger partial charge on any atom is 0.0849 e. The van der Waals surface area contributed by atoms with Gasteiger partial charge in [0.25, 0.3) is 0 Å². The topological polar surface area (TPSA) is 20.2 Å². The Bertz CT molecular complexity index is 297. The Morgan fingerprint density at radius 2 is 1.69 bits per heavy atom. The van der Waals surface area contributed by atoms with Crippen molar-refractivity contribution in [3.8, 4) is 0 Å². The highest BCUT2D eigenvalue weighted by molar-refractivity contribution is 5.39. The summed E-state index contributed by atoms with van der Waals surface area (Å²) in [6.07, 6.45) is -0.307. The molecular weight excluding hydrogens is 160 g/mol. The van der Waals surface area contributed by atoms with Gasteiger partial charge in [0.15, 0.2) is 0 Å². The van der Waals surface area contributed by atoms with Gasteiger partial charge in [-0.3, -0.25) is 0 Å². The number of hydrogen-bond donors (Lipinski definition) is 1. The summed E-state index contributed by atoms with van der Waals surface area (Å²) >= 11 is 0. The van der Waals surface area contributed by atoms with Crippen LogP contribution in [0.5, 0.6) is 0 Å². The Hall–Kier alpha value is -0.820. The minimum absolute atomic E-state index is 0.0241. The molecule has 1 nitrogen and oxygen atoms in total. The molecule has 0 unspecified atom stereocenters. The molecule has 0 spiro atoms. The first-order valence-corrected chi connectivity index (χ1v) is 4.82. The zero-order valence-electron chi connectivity index (χ0n) is 8.41. The van der Waals surface area contributed by atoms with Gasteiger partial charge in [-0.15, -0.1) is 0 Å². The van der Waals surface area contributed by atoms with Gasteiger partial charge in [-0.2, -0.15) is 0 Å². The van der Waals surface area contributed by atoms with E-state index in [0.29, 0.717) is 5.92 Å². The molecular formula is C12H16O. The average Bonchev–Trinajstić information content (AvgIpc) is 2.30. The van der Waals surface area contributed by atoms with Crippen molar-refractivity contribution in [2.45, 2.75) is 32.8 Å². The molecule has 0 saturated carbocycles. The standard InChI is InChI=1S/C12H16O/c1-8-9-6-4-5-7-10(9)11(13)12(8,2)3/h4-8,11,13H,1-3H3/t8-,11+/m1/s1. The molecule has 0 bridgehead atoms. The molecule has 0 aliphatic heterocycles. The summed E-state index contributed by atoms with van der Waals surface area (Å²) in [4.78, 5) is 0. The van der Waals surface area contributed by atoms with E-state index in [1.807, 2.05) is 18.2 Å². The van der Waals surface area contributed by atoms with Crippen molar-refractivity contribution in [2.24, 2.45) is 5.41 Å². The Kier molecular flexibility index (Phi) is 1.74. The van der Waals surface area contributed by atoms with Gasteiger partial charge in [0.2, 0.25) is 0 Å². The van der Waals surface area contributed by atoms with E-state index in [1.54, 1.807) is 0 Å². The number of aliphatic hydroxyl groups excluding tert-OH is 1. The second-order valence-electron chi connectivity index (χ2n) is 4.57. The number of aliphatic hydroxyl groups is 1. The predicted molar refractivity (Wildman–Crippen MR) is 53.6 cm³/mol. The van der Waals surface area contributed by atoms with Crippen LogP contribution in [0.1, 0.15) is 43.9 Å². The van der Waals surface area contributed by atoms with Crippen molar-refractivity contribution in [1.82, 2.24) is 0 Å². The molecule has 0 fully saturated rings. The molecule has 2 rings (SSSR count). The lowest BCUT2D eigenvalue weighted by Crippen LogP contribution is -2.20. The Balaban J connectivity index is 2.57. The molecule has 0 radical (unpaired) electrons. The highest BCUT2D eigenvalue weighted by Crippen LogP contribution is 2.53. The molecule has 1 N–H and O–H groups in total. The third kappa shape index (κ3) is 1.03. The van der Waals surface area contributed by atoms with Gasteiger partial charge in [0, 0.05) is 5.41 Å². The lowest BCUT2D eigenvalue weighted by atomic mass is 9.79. The number of rotatable bonds is 0. The van der Waals surface area contributed by atoms with E-state index in [-0.39, 0.29) is 11.5 Å². The summed E-state index contributed by atoms with van der Waals surface area (Å²) in [7, 11) is 0. The van der Waals surface area contributed by atoms with Gasteiger partial charge in [-0.05, 0) is 17.0 Å². The van der Waals surface area contributed by atoms with Gasteiger partial charge in [-0.25, -0.2) is 0 Å². The van der Waals surface area contributed by atoms with Crippen LogP contribution in [0.3, 0.4) is 0 Å². The molecule has 1 aliphatic carbocycles. The van der Waals surface area contributed by atoms with Crippen LogP contribution in [0.15, 0.2) is 24.3 Å². The first-order valence-electron chi connectivity index (χ1n) is 4.82. The first kappa shape index (κ1) is 8.76. The van der Waals surface area contributed by atoms with Crippen LogP contribution in [0.25, 0.3) is 0 Å². The third-order valence-electron chi connectivity index (χ3n) is 3.58. The lowest BCUT2D eigenvalue weighted by molar-refractivity contribution is 0.0524. The smallest absolute Gasteiger partial charge is 0.0849 e. The Labute approximate surface area is 79.4 Å². The summed E-state index contributed by atoms with van der Waals surface area (Å²) in [5.74, 6) is 0.443. The summed E-state index contributed by atoms with van der Waals surface area (Å²) in [5.41, 5.74) is 2.39. The van der Waals surface area contributed by atoms with Gasteiger partial charge < -0.3 is 5.11 Å². The van der Waals surface area contributed by atoms with Gasteiger partial charge in [0.1, 0.15) is 0 Å². The fourth-order valence-corrected chi connectivity index (χ4v) is 2.19. The molecule has 1 aromatic carbocycles. The monoisotopic (exact) mass is 176 g/mol. The normalized spacial score (nSPS) is 30.2. The molecule has 1 aliphatic rings. The summed E-state index contributed by atoms with van der Waals surface area (Å²) in [6.45, 7) is 6.44. The van der Waals surface area contributed by atoms with Crippen molar-refractivity contribution in [3.05, 3.63) is 35.4 Å². The maximum absolute atomic E-state index is 10.1. The van der Waals surface area contributed by atoms with E-state index in [9.17, 15) is 5.11 Å². The quantitative estimate of drug-likeness (QED) is 0.644. The summed E-state index contributed by atoms with van der Waals surface area (Å²) in [6, 6.07) is 8.20. The zero-order chi connectivity index (χ0) is 9.64. The average molecular weight is 176 g/mol. The number of fused-ring (bicyclic) bond motifs is 1. The minimum Gasteiger partial charge on any atom is -0.388 e. The SMILES string of the molecule is C[C@@H]1c2ccccc2[C@H](O)C1(C)C. The van der Waals surface area contributed by atoms with Crippen molar-refractivity contribution >= 4 is 0 Å².